The molecule has 1 saturated carbocycles. The second kappa shape index (κ2) is 5.17. The highest BCUT2D eigenvalue weighted by atomic mass is 16.4. The minimum absolute atomic E-state index is 0.0499. The van der Waals surface area contributed by atoms with Crippen molar-refractivity contribution in [3.05, 3.63) is 35.9 Å². The fraction of sp³-hybridized carbons (Fsp3) is 0.529. The van der Waals surface area contributed by atoms with Gasteiger partial charge in [-0.15, -0.1) is 0 Å². The number of hydrogen-bond acceptors (Lipinski definition) is 2. The number of amides is 1. The molecule has 1 aliphatic carbocycles. The van der Waals surface area contributed by atoms with E-state index in [-0.39, 0.29) is 11.8 Å². The Morgan fingerprint density at radius 1 is 1.33 bits per heavy atom. The molecule has 4 heteroatoms. The first kappa shape index (κ1) is 14.1. The first-order valence-electron chi connectivity index (χ1n) is 7.64. The summed E-state index contributed by atoms with van der Waals surface area (Å²) in [7, 11) is 0. The highest BCUT2D eigenvalue weighted by Crippen LogP contribution is 2.49. The van der Waals surface area contributed by atoms with Gasteiger partial charge in [-0.1, -0.05) is 37.3 Å². The summed E-state index contributed by atoms with van der Waals surface area (Å²) in [6.45, 7) is 2.85. The minimum Gasteiger partial charge on any atom is -0.481 e. The van der Waals surface area contributed by atoms with E-state index < -0.39 is 11.4 Å². The van der Waals surface area contributed by atoms with Gasteiger partial charge in [-0.2, -0.15) is 0 Å². The molecule has 1 aromatic carbocycles. The van der Waals surface area contributed by atoms with E-state index in [9.17, 15) is 14.7 Å². The van der Waals surface area contributed by atoms with Crippen molar-refractivity contribution in [3.8, 4) is 0 Å². The molecule has 2 fully saturated rings. The number of benzene rings is 1. The van der Waals surface area contributed by atoms with Crippen LogP contribution in [0.4, 0.5) is 0 Å². The molecule has 1 heterocycles. The molecule has 3 atom stereocenters. The molecule has 21 heavy (non-hydrogen) atoms. The number of carbonyl (C=O) groups excluding carboxylic acids is 1. The van der Waals surface area contributed by atoms with Crippen molar-refractivity contribution in [3.63, 3.8) is 0 Å². The third-order valence-electron chi connectivity index (χ3n) is 5.13. The molecule has 1 aliphatic heterocycles. The Bertz CT molecular complexity index is 556. The van der Waals surface area contributed by atoms with Gasteiger partial charge < -0.3 is 10.0 Å². The zero-order valence-corrected chi connectivity index (χ0v) is 12.3. The zero-order chi connectivity index (χ0) is 15.0. The van der Waals surface area contributed by atoms with Crippen molar-refractivity contribution in [1.82, 2.24) is 4.90 Å². The van der Waals surface area contributed by atoms with Crippen LogP contribution in [0.15, 0.2) is 30.3 Å². The van der Waals surface area contributed by atoms with Crippen LogP contribution in [0.1, 0.15) is 37.7 Å². The highest BCUT2D eigenvalue weighted by molar-refractivity contribution is 5.85. The number of carbonyl (C=O) groups is 2. The van der Waals surface area contributed by atoms with Gasteiger partial charge in [0.2, 0.25) is 5.91 Å². The van der Waals surface area contributed by atoms with Crippen molar-refractivity contribution in [1.29, 1.82) is 0 Å². The van der Waals surface area contributed by atoms with E-state index in [2.05, 4.69) is 12.1 Å². The number of rotatable bonds is 4. The van der Waals surface area contributed by atoms with Gasteiger partial charge in [0, 0.05) is 19.0 Å². The van der Waals surface area contributed by atoms with Crippen molar-refractivity contribution < 1.29 is 14.7 Å². The number of carboxylic acids is 1. The lowest BCUT2D eigenvalue weighted by atomic mass is 9.84. The Hall–Kier alpha value is -1.84. The van der Waals surface area contributed by atoms with E-state index in [4.69, 9.17) is 0 Å². The second-order valence-electron chi connectivity index (χ2n) is 6.31. The molecule has 0 aromatic heterocycles. The first-order chi connectivity index (χ1) is 10.1. The van der Waals surface area contributed by atoms with Crippen molar-refractivity contribution in [2.24, 2.45) is 11.3 Å². The van der Waals surface area contributed by atoms with Crippen LogP contribution in [0.2, 0.25) is 0 Å². The fourth-order valence-corrected chi connectivity index (χ4v) is 3.45. The molecule has 3 unspecified atom stereocenters. The highest BCUT2D eigenvalue weighted by Gasteiger charge is 2.50. The van der Waals surface area contributed by atoms with Crippen LogP contribution in [0.25, 0.3) is 0 Å². The van der Waals surface area contributed by atoms with Crippen molar-refractivity contribution in [2.45, 2.75) is 32.1 Å². The van der Waals surface area contributed by atoms with Gasteiger partial charge in [0.1, 0.15) is 0 Å². The molecule has 4 nitrogen and oxygen atoms in total. The molecular weight excluding hydrogens is 266 g/mol. The normalized spacial score (nSPS) is 31.2. The van der Waals surface area contributed by atoms with Crippen LogP contribution in [-0.2, 0) is 9.59 Å². The fourth-order valence-electron chi connectivity index (χ4n) is 3.45. The second-order valence-corrected chi connectivity index (χ2v) is 6.31. The predicted octanol–water partition coefficient (Wildman–Crippen LogP) is 2.50. The Labute approximate surface area is 124 Å². The summed E-state index contributed by atoms with van der Waals surface area (Å²) in [6, 6.07) is 10.1. The summed E-state index contributed by atoms with van der Waals surface area (Å²) in [4.78, 5) is 25.8. The molecule has 0 radical (unpaired) electrons. The Morgan fingerprint density at radius 3 is 2.62 bits per heavy atom. The molecule has 0 spiro atoms. The van der Waals surface area contributed by atoms with Gasteiger partial charge in [0.15, 0.2) is 0 Å². The Balaban J connectivity index is 1.65. The summed E-state index contributed by atoms with van der Waals surface area (Å²) in [5.74, 6) is -0.259. The molecule has 1 saturated heterocycles. The van der Waals surface area contributed by atoms with E-state index in [1.807, 2.05) is 25.1 Å². The summed E-state index contributed by atoms with van der Waals surface area (Å²) in [5, 5.41) is 9.41. The number of carboxylic acid groups (broad SMARTS) is 1. The van der Waals surface area contributed by atoms with Crippen LogP contribution in [0.5, 0.6) is 0 Å². The maximum Gasteiger partial charge on any atom is 0.311 e. The van der Waals surface area contributed by atoms with Crippen LogP contribution in [0.3, 0.4) is 0 Å². The molecular formula is C17H21NO3. The van der Waals surface area contributed by atoms with Gasteiger partial charge in [-0.3, -0.25) is 9.59 Å². The van der Waals surface area contributed by atoms with Crippen LogP contribution in [0, 0.1) is 11.3 Å². The van der Waals surface area contributed by atoms with E-state index in [1.54, 1.807) is 4.90 Å². The van der Waals surface area contributed by atoms with Crippen LogP contribution >= 0.6 is 0 Å². The van der Waals surface area contributed by atoms with Gasteiger partial charge in [-0.05, 0) is 30.7 Å². The quantitative estimate of drug-likeness (QED) is 0.925. The maximum atomic E-state index is 12.6. The van der Waals surface area contributed by atoms with Gasteiger partial charge in [0.05, 0.1) is 5.41 Å². The molecule has 1 N–H and O–H groups in total. The summed E-state index contributed by atoms with van der Waals surface area (Å²) in [6.07, 6.45) is 2.05. The minimum atomic E-state index is -0.768. The van der Waals surface area contributed by atoms with E-state index in [0.717, 1.165) is 6.42 Å². The summed E-state index contributed by atoms with van der Waals surface area (Å²) >= 11 is 0. The van der Waals surface area contributed by atoms with Gasteiger partial charge in [-0.25, -0.2) is 0 Å². The lowest BCUT2D eigenvalue weighted by molar-refractivity contribution is -0.148. The van der Waals surface area contributed by atoms with Crippen LogP contribution < -0.4 is 0 Å². The standard InChI is InChI=1S/C17H21NO3/c1-2-17(16(20)21)8-9-18(11-17)15(19)14-10-13(14)12-6-4-3-5-7-12/h3-7,13-14H,2,8-11H2,1H3,(H,20,21). The third kappa shape index (κ3) is 2.43. The van der Waals surface area contributed by atoms with Gasteiger partial charge in [0.25, 0.3) is 0 Å². The first-order valence-corrected chi connectivity index (χ1v) is 7.64. The van der Waals surface area contributed by atoms with Crippen LogP contribution in [-0.4, -0.2) is 35.0 Å². The van der Waals surface area contributed by atoms with Crippen molar-refractivity contribution in [2.75, 3.05) is 13.1 Å². The summed E-state index contributed by atoms with van der Waals surface area (Å²) in [5.41, 5.74) is 0.488. The average molecular weight is 287 g/mol. The largest absolute Gasteiger partial charge is 0.481 e. The smallest absolute Gasteiger partial charge is 0.311 e. The Morgan fingerprint density at radius 2 is 2.05 bits per heavy atom. The monoisotopic (exact) mass is 287 g/mol. The SMILES string of the molecule is CCC1(C(=O)O)CCN(C(=O)C2CC2c2ccccc2)C1. The predicted molar refractivity (Wildman–Crippen MR) is 78.8 cm³/mol. The third-order valence-corrected chi connectivity index (χ3v) is 5.13. The van der Waals surface area contributed by atoms with E-state index in [1.165, 1.54) is 5.56 Å². The van der Waals surface area contributed by atoms with Gasteiger partial charge >= 0.3 is 5.97 Å². The molecule has 2 aliphatic rings. The zero-order valence-electron chi connectivity index (χ0n) is 12.3. The molecule has 1 amide bonds. The Kier molecular flexibility index (Phi) is 3.47. The molecule has 3 rings (SSSR count). The van der Waals surface area contributed by atoms with E-state index in [0.29, 0.717) is 31.8 Å². The topological polar surface area (TPSA) is 57.6 Å². The maximum absolute atomic E-state index is 12.6. The number of likely N-dealkylation sites (tertiary alicyclic amines) is 1. The van der Waals surface area contributed by atoms with E-state index >= 15 is 0 Å². The molecule has 1 aromatic rings. The lowest BCUT2D eigenvalue weighted by Crippen LogP contribution is -2.37. The number of aliphatic carboxylic acids is 1. The summed E-state index contributed by atoms with van der Waals surface area (Å²) < 4.78 is 0. The van der Waals surface area contributed by atoms with Crippen molar-refractivity contribution >= 4 is 11.9 Å². The number of hydrogen-bond donors (Lipinski definition) is 1. The lowest BCUT2D eigenvalue weighted by Gasteiger charge is -2.23. The molecule has 112 valence electrons. The molecule has 0 bridgehead atoms. The average Bonchev–Trinajstić information content (AvgIpc) is 3.18. The number of nitrogens with zero attached hydrogens (tertiary/aromatic N) is 1.